The summed E-state index contributed by atoms with van der Waals surface area (Å²) in [5, 5.41) is 0. The van der Waals surface area contributed by atoms with Crippen LogP contribution in [0.15, 0.2) is 176 Å². The van der Waals surface area contributed by atoms with Crippen molar-refractivity contribution in [1.29, 1.82) is 0 Å². The van der Waals surface area contributed by atoms with Crippen molar-refractivity contribution in [2.75, 3.05) is 0 Å². The van der Waals surface area contributed by atoms with E-state index in [0.717, 1.165) is 38.5 Å². The molecule has 0 saturated heterocycles. The molecule has 0 spiro atoms. The molecule has 0 N–H and O–H groups in total. The average Bonchev–Trinajstić information content (AvgIpc) is 1.76. The summed E-state index contributed by atoms with van der Waals surface area (Å²) in [6.45, 7) is 89.3. The van der Waals surface area contributed by atoms with Gasteiger partial charge in [-0.05, 0) is 6.42 Å². The molecule has 7 aromatic rings. The molecule has 7 aromatic carbocycles. The van der Waals surface area contributed by atoms with Gasteiger partial charge in [-0.25, -0.2) is 0 Å². The normalized spacial score (nSPS) is 15.9. The van der Waals surface area contributed by atoms with E-state index in [1.807, 2.05) is 96.9 Å². The second-order valence-corrected chi connectivity index (χ2v) is 34.9. The van der Waals surface area contributed by atoms with E-state index in [4.69, 9.17) is 0 Å². The molecule has 21 heteroatoms. The Kier molecular flexibility index (Phi) is 179. The summed E-state index contributed by atoms with van der Waals surface area (Å²) >= 11 is 0. The molecule has 0 amide bonds. The molecule has 735 valence electrons. The van der Waals surface area contributed by atoms with E-state index in [-0.39, 0.29) is 732 Å². The Morgan fingerprint density at radius 3 is 0.567 bits per heavy atom. The minimum absolute atomic E-state index is 0. The molecule has 2 atom stereocenters. The third-order valence-electron chi connectivity index (χ3n) is 23.8. The van der Waals surface area contributed by atoms with Gasteiger partial charge >= 0.3 is 0 Å². The van der Waals surface area contributed by atoms with Gasteiger partial charge in [-0.15, -0.1) is 16.9 Å². The van der Waals surface area contributed by atoms with Crippen LogP contribution in [0.5, 0.6) is 0 Å². The first-order chi connectivity index (χ1) is 56.8. The van der Waals surface area contributed by atoms with E-state index < -0.39 is 0 Å². The maximum absolute atomic E-state index is 4.44. The quantitative estimate of drug-likeness (QED) is 0.0752. The zero-order chi connectivity index (χ0) is 90.2. The second-order valence-electron chi connectivity index (χ2n) is 34.9. The summed E-state index contributed by atoms with van der Waals surface area (Å²) in [5.74, 6) is 4.12. The van der Waals surface area contributed by atoms with Crippen LogP contribution in [0.2, 0.25) is 0 Å². The second kappa shape index (κ2) is 120. The van der Waals surface area contributed by atoms with Gasteiger partial charge in [0.05, 0.1) is 0 Å². The Morgan fingerprint density at radius 2 is 0.390 bits per heavy atom. The smallest absolute Gasteiger partial charge is 0 e. The largest absolute Gasteiger partial charge is 0.335 e. The molecule has 7 aliphatic carbocycles. The van der Waals surface area contributed by atoms with Gasteiger partial charge < -0.3 is 48.5 Å². The van der Waals surface area contributed by atoms with Crippen molar-refractivity contribution < 1.29 is 687 Å². The Labute approximate surface area is 1410 Å². The monoisotopic (exact) mass is 3490 g/mol. The SMILES string of the molecule is C.CC.CC.CC.CC.CC.CC.CC.[CH2-]C1(c2[c-]cc(C(C)C)cc2)C=CC=CC1.[CH2-]C1(c2[c-]cc(C(C)C)cc2)CC1.[CH2-]C1(c2[c-]cc(C(C)C)cc2)CC=CC1.[CH2-]C1(c2[c-]cc(C(C)C)cc2)CC=CCC1.[CH2-]C1(c2[c-]cc(C(C)C)cc2)CCC1.[CH2-]C1(c2[c-]cc(C(C)C)cc2)CCCC1.[CH2-]C1(c2[c-]cc(C(C)C)cc2)CCCCC1.[Y].[Y].[Y].[Y].[Y].[Y].[Y].[Y].[Y].[Y].[Y].[Y].[Y].[Y].[Y].[Y].[Y].[Y].[Y].[Y].[Y]. The van der Waals surface area contributed by atoms with Crippen molar-refractivity contribution in [3.63, 3.8) is 0 Å². The van der Waals surface area contributed by atoms with Crippen LogP contribution in [0.25, 0.3) is 0 Å². The topological polar surface area (TPSA) is 0 Å². The van der Waals surface area contributed by atoms with Gasteiger partial charge in [0.2, 0.25) is 0 Å². The third kappa shape index (κ3) is 79.1. The van der Waals surface area contributed by atoms with E-state index >= 15 is 0 Å². The van der Waals surface area contributed by atoms with Crippen molar-refractivity contribution in [3.05, 3.63) is 345 Å². The van der Waals surface area contributed by atoms with Gasteiger partial charge in [0.15, 0.2) is 0 Å². The van der Waals surface area contributed by atoms with Crippen LogP contribution in [0.1, 0.15) is 449 Å². The van der Waals surface area contributed by atoms with Gasteiger partial charge in [0.1, 0.15) is 0 Å². The van der Waals surface area contributed by atoms with Crippen LogP contribution in [0, 0.1) is 90.9 Å². The zero-order valence-electron chi connectivity index (χ0n) is 94.0. The molecule has 0 bridgehead atoms. The van der Waals surface area contributed by atoms with E-state index in [1.54, 1.807) is 0 Å². The number of rotatable bonds is 14. The molecule has 0 heterocycles. The summed E-state index contributed by atoms with van der Waals surface area (Å²) in [6.07, 6.45) is 41.6. The van der Waals surface area contributed by atoms with Crippen molar-refractivity contribution in [1.82, 2.24) is 0 Å². The van der Waals surface area contributed by atoms with Crippen LogP contribution >= 0.6 is 0 Å². The van der Waals surface area contributed by atoms with Crippen LogP contribution < -0.4 is 0 Å². The first kappa shape index (κ1) is 210. The molecule has 0 nitrogen and oxygen atoms in total. The fraction of sp³-hybridized carbons (Fsp3) is 0.525. The van der Waals surface area contributed by atoms with Crippen molar-refractivity contribution >= 4 is 0 Å². The van der Waals surface area contributed by atoms with Crippen LogP contribution in [0.4, 0.5) is 0 Å². The van der Waals surface area contributed by atoms with Crippen molar-refractivity contribution in [3.8, 4) is 0 Å². The standard InChI is InChI=1S/C16H22.C16H20.C16H18.C15H20.C15H18.C14H18.C13H16.7C2H6.CH4.21Y/c3*1-13(2)14-7-9-15(10-8-14)16(3)11-5-4-6-12-16;2*1-12(2)13-6-8-14(9-7-13)15(3)10-4-5-11-15;1-11(2)12-5-7-13(8-6-12)14(3)9-4-10-14;1-10(2)11-4-6-12(7-5-11)13(3)8-9-13;7*1-2;;;;;;;;;;;;;;;;;;;;;;/h7-9,13H,3-6,11-12H2,1-2H3;4-5,7-9,13H,3,6,11-12H2,1-2H3;4-9,11,13H,3,12H2,1-2H3;6-8,12H,3-5,10-11H2,1-2H3;4-8,12H,3,10-11H2,1-2H3;5-7,11H,3-4,9-10H2,1-2H3;4-6,10H,3,8-9H2,1-2H3;7*1-2H3;1H4;;;;;;;;;;;;;;;;;;;;;/q7*-2;;;;;;;;;;;;;;;;;;;;;;;;;;;;;. The summed E-state index contributed by atoms with van der Waals surface area (Å²) in [6, 6.07) is 69.7. The molecule has 0 aliphatic heterocycles. The fourth-order valence-corrected chi connectivity index (χ4v) is 14.9. The zero-order valence-corrected chi connectivity index (χ0v) is 154. The molecular formula is C120H178Y21-14. The number of allylic oxidation sites excluding steroid dienone is 8. The number of benzene rings is 7. The average molecular weight is 3490 g/mol. The summed E-state index contributed by atoms with van der Waals surface area (Å²) in [7, 11) is 0. The molecule has 7 aliphatic rings. The molecule has 14 rings (SSSR count). The van der Waals surface area contributed by atoms with Gasteiger partial charge in [0.25, 0.3) is 0 Å². The summed E-state index contributed by atoms with van der Waals surface area (Å²) in [5.41, 5.74) is 19.2. The van der Waals surface area contributed by atoms with E-state index in [9.17, 15) is 0 Å². The predicted octanol–water partition coefficient (Wildman–Crippen LogP) is 36.7. The van der Waals surface area contributed by atoms with Crippen molar-refractivity contribution in [2.45, 2.75) is 409 Å². The number of hydrogen-bond acceptors (Lipinski definition) is 0. The Morgan fingerprint density at radius 1 is 0.199 bits per heavy atom. The van der Waals surface area contributed by atoms with Gasteiger partial charge in [-0.3, -0.25) is 0 Å². The van der Waals surface area contributed by atoms with Crippen molar-refractivity contribution in [2.24, 2.45) is 0 Å². The van der Waals surface area contributed by atoms with Crippen LogP contribution in [-0.2, 0) is 725 Å². The third-order valence-corrected chi connectivity index (χ3v) is 23.8. The van der Waals surface area contributed by atoms with Gasteiger partial charge in [-0.2, -0.15) is 275 Å². The van der Waals surface area contributed by atoms with Gasteiger partial charge in [0, 0.05) is 687 Å². The predicted molar refractivity (Wildman–Crippen MR) is 540 cm³/mol. The summed E-state index contributed by atoms with van der Waals surface area (Å²) in [4.78, 5) is 0. The maximum Gasteiger partial charge on any atom is 0 e. The first-order valence-corrected chi connectivity index (χ1v) is 47.6. The Balaban J connectivity index is -0.0000000559. The number of hydrogen-bond donors (Lipinski definition) is 0. The molecule has 2 unspecified atom stereocenters. The Bertz CT molecular complexity index is 3810. The first-order valence-electron chi connectivity index (χ1n) is 47.6. The Hall–Kier alpha value is 16.7. The van der Waals surface area contributed by atoms with E-state index in [2.05, 4.69) is 364 Å². The van der Waals surface area contributed by atoms with Gasteiger partial charge in [-0.1, -0.05) is 407 Å². The minimum Gasteiger partial charge on any atom is -0.335 e. The summed E-state index contributed by atoms with van der Waals surface area (Å²) < 4.78 is 0. The fourth-order valence-electron chi connectivity index (χ4n) is 14.9. The van der Waals surface area contributed by atoms with E-state index in [0.29, 0.717) is 41.4 Å². The molecule has 4 fully saturated rings. The van der Waals surface area contributed by atoms with Crippen LogP contribution in [-0.4, -0.2) is 0 Å². The molecule has 141 heavy (non-hydrogen) atoms. The maximum atomic E-state index is 4.44. The molecule has 4 saturated carbocycles. The molecule has 0 aromatic heterocycles. The molecular weight excluding hydrogens is 3310 g/mol. The minimum atomic E-state index is -0.121. The van der Waals surface area contributed by atoms with Crippen LogP contribution in [0.3, 0.4) is 0 Å². The molecule has 21 radical (unpaired) electrons. The van der Waals surface area contributed by atoms with E-state index in [1.165, 1.54) is 168 Å².